The van der Waals surface area contributed by atoms with Crippen LogP contribution >= 0.6 is 0 Å². The quantitative estimate of drug-likeness (QED) is 0.821. The fourth-order valence-corrected chi connectivity index (χ4v) is 2.53. The molecule has 2 rings (SSSR count). The molecule has 0 radical (unpaired) electrons. The Bertz CT molecular complexity index is 395. The van der Waals surface area contributed by atoms with Crippen LogP contribution in [-0.2, 0) is 21.5 Å². The molecule has 6 nitrogen and oxygen atoms in total. The Morgan fingerprint density at radius 3 is 2.80 bits per heavy atom. The third-order valence-corrected chi connectivity index (χ3v) is 3.65. The molecule has 1 aromatic heterocycles. The van der Waals surface area contributed by atoms with E-state index in [0.29, 0.717) is 31.5 Å². The molecular weight excluding hydrogens is 258 g/mol. The summed E-state index contributed by atoms with van der Waals surface area (Å²) in [5.74, 6) is 1.34. The molecular formula is C14H25N3O3. The topological polar surface area (TPSA) is 83.4 Å². The molecule has 20 heavy (non-hydrogen) atoms. The first kappa shape index (κ1) is 15.4. The Kier molecular flexibility index (Phi) is 5.51. The summed E-state index contributed by atoms with van der Waals surface area (Å²) in [7, 11) is 0. The second-order valence-electron chi connectivity index (χ2n) is 5.42. The van der Waals surface area contributed by atoms with Gasteiger partial charge in [-0.25, -0.2) is 0 Å². The van der Waals surface area contributed by atoms with Crippen LogP contribution in [0.2, 0.25) is 0 Å². The van der Waals surface area contributed by atoms with Gasteiger partial charge in [-0.05, 0) is 26.7 Å². The molecule has 1 saturated heterocycles. The van der Waals surface area contributed by atoms with Gasteiger partial charge in [0.1, 0.15) is 5.60 Å². The van der Waals surface area contributed by atoms with Crippen LogP contribution in [0.25, 0.3) is 0 Å². The monoisotopic (exact) mass is 283 g/mol. The van der Waals surface area contributed by atoms with E-state index in [-0.39, 0.29) is 6.04 Å². The van der Waals surface area contributed by atoms with E-state index < -0.39 is 5.60 Å². The van der Waals surface area contributed by atoms with Crippen molar-refractivity contribution < 1.29 is 14.0 Å². The maximum atomic E-state index is 5.93. The maximum absolute atomic E-state index is 5.93. The Labute approximate surface area is 120 Å². The standard InChI is InChI=1S/C14H25N3O3/c1-3-19-14(7-9-18-10-8-14)13-16-12(20-17-13)6-4-5-11(2)15/h11H,3-10,15H2,1-2H3. The van der Waals surface area contributed by atoms with E-state index in [1.165, 1.54) is 0 Å². The van der Waals surface area contributed by atoms with Crippen LogP contribution < -0.4 is 5.73 Å². The summed E-state index contributed by atoms with van der Waals surface area (Å²) in [6, 6.07) is 0.211. The minimum Gasteiger partial charge on any atom is -0.381 e. The van der Waals surface area contributed by atoms with Gasteiger partial charge in [-0.3, -0.25) is 0 Å². The number of aryl methyl sites for hydroxylation is 1. The molecule has 1 aliphatic heterocycles. The lowest BCUT2D eigenvalue weighted by Gasteiger charge is -2.33. The zero-order chi connectivity index (χ0) is 14.4. The maximum Gasteiger partial charge on any atom is 0.226 e. The smallest absolute Gasteiger partial charge is 0.226 e. The molecule has 1 fully saturated rings. The second kappa shape index (κ2) is 7.15. The van der Waals surface area contributed by atoms with E-state index in [9.17, 15) is 0 Å². The Morgan fingerprint density at radius 2 is 2.15 bits per heavy atom. The third kappa shape index (κ3) is 3.77. The highest BCUT2D eigenvalue weighted by Crippen LogP contribution is 2.34. The van der Waals surface area contributed by atoms with Crippen LogP contribution in [0.5, 0.6) is 0 Å². The van der Waals surface area contributed by atoms with Gasteiger partial charge in [-0.15, -0.1) is 0 Å². The number of hydrogen-bond acceptors (Lipinski definition) is 6. The van der Waals surface area contributed by atoms with Crippen LogP contribution in [0, 0.1) is 0 Å². The number of ether oxygens (including phenoxy) is 2. The Balaban J connectivity index is 2.01. The van der Waals surface area contributed by atoms with Gasteiger partial charge in [0.05, 0.1) is 0 Å². The molecule has 0 bridgehead atoms. The first-order valence-electron chi connectivity index (χ1n) is 7.46. The molecule has 0 aromatic carbocycles. The van der Waals surface area contributed by atoms with Gasteiger partial charge < -0.3 is 19.7 Å². The van der Waals surface area contributed by atoms with E-state index in [2.05, 4.69) is 10.1 Å². The fourth-order valence-electron chi connectivity index (χ4n) is 2.53. The van der Waals surface area contributed by atoms with E-state index in [1.807, 2.05) is 13.8 Å². The van der Waals surface area contributed by atoms with Crippen molar-refractivity contribution in [3.8, 4) is 0 Å². The van der Waals surface area contributed by atoms with Crippen LogP contribution in [0.15, 0.2) is 4.52 Å². The molecule has 1 atom stereocenters. The van der Waals surface area contributed by atoms with Crippen LogP contribution in [0.4, 0.5) is 0 Å². The normalized spacial score (nSPS) is 19.9. The van der Waals surface area contributed by atoms with Gasteiger partial charge in [0.2, 0.25) is 11.7 Å². The van der Waals surface area contributed by atoms with E-state index in [4.69, 9.17) is 19.7 Å². The van der Waals surface area contributed by atoms with Crippen molar-refractivity contribution in [1.29, 1.82) is 0 Å². The van der Waals surface area contributed by atoms with E-state index >= 15 is 0 Å². The van der Waals surface area contributed by atoms with Crippen molar-refractivity contribution in [2.45, 2.75) is 57.6 Å². The molecule has 2 heterocycles. The van der Waals surface area contributed by atoms with Crippen molar-refractivity contribution in [2.75, 3.05) is 19.8 Å². The predicted octanol–water partition coefficient (Wildman–Crippen LogP) is 1.78. The molecule has 114 valence electrons. The summed E-state index contributed by atoms with van der Waals surface area (Å²) >= 11 is 0. The van der Waals surface area contributed by atoms with E-state index in [1.54, 1.807) is 0 Å². The lowest BCUT2D eigenvalue weighted by Crippen LogP contribution is -2.37. The molecule has 2 N–H and O–H groups in total. The highest BCUT2D eigenvalue weighted by atomic mass is 16.5. The SMILES string of the molecule is CCOC1(c2noc(CCCC(C)N)n2)CCOCC1. The first-order chi connectivity index (χ1) is 9.66. The van der Waals surface area contributed by atoms with E-state index in [0.717, 1.165) is 32.1 Å². The highest BCUT2D eigenvalue weighted by molar-refractivity contribution is 5.03. The minimum absolute atomic E-state index is 0.211. The minimum atomic E-state index is -0.435. The fraction of sp³-hybridized carbons (Fsp3) is 0.857. The second-order valence-corrected chi connectivity index (χ2v) is 5.42. The van der Waals surface area contributed by atoms with Crippen LogP contribution in [0.3, 0.4) is 0 Å². The molecule has 0 spiro atoms. The zero-order valence-corrected chi connectivity index (χ0v) is 12.4. The number of hydrogen-bond donors (Lipinski definition) is 1. The first-order valence-corrected chi connectivity index (χ1v) is 7.46. The van der Waals surface area contributed by atoms with Crippen molar-refractivity contribution in [2.24, 2.45) is 5.73 Å². The van der Waals surface area contributed by atoms with Crippen LogP contribution in [0.1, 0.15) is 51.2 Å². The van der Waals surface area contributed by atoms with Crippen LogP contribution in [-0.4, -0.2) is 36.0 Å². The summed E-state index contributed by atoms with van der Waals surface area (Å²) in [6.45, 7) is 5.98. The lowest BCUT2D eigenvalue weighted by molar-refractivity contribution is -0.118. The van der Waals surface area contributed by atoms with Gasteiger partial charge in [0.15, 0.2) is 0 Å². The molecule has 1 unspecified atom stereocenters. The van der Waals surface area contributed by atoms with Crippen molar-refractivity contribution in [3.63, 3.8) is 0 Å². The van der Waals surface area contributed by atoms with Gasteiger partial charge >= 0.3 is 0 Å². The highest BCUT2D eigenvalue weighted by Gasteiger charge is 2.39. The Morgan fingerprint density at radius 1 is 1.40 bits per heavy atom. The number of aromatic nitrogens is 2. The van der Waals surface area contributed by atoms with Gasteiger partial charge in [-0.1, -0.05) is 5.16 Å². The number of rotatable bonds is 7. The van der Waals surface area contributed by atoms with Gasteiger partial charge in [0.25, 0.3) is 0 Å². The third-order valence-electron chi connectivity index (χ3n) is 3.65. The molecule has 0 amide bonds. The van der Waals surface area contributed by atoms with Gasteiger partial charge in [-0.2, -0.15) is 4.98 Å². The lowest BCUT2D eigenvalue weighted by atomic mass is 9.93. The average Bonchev–Trinajstić information content (AvgIpc) is 2.89. The summed E-state index contributed by atoms with van der Waals surface area (Å²) < 4.78 is 16.7. The van der Waals surface area contributed by atoms with Crippen molar-refractivity contribution >= 4 is 0 Å². The molecule has 0 saturated carbocycles. The average molecular weight is 283 g/mol. The molecule has 0 aliphatic carbocycles. The molecule has 1 aromatic rings. The van der Waals surface area contributed by atoms with Gasteiger partial charge in [0, 0.05) is 45.1 Å². The summed E-state index contributed by atoms with van der Waals surface area (Å²) in [6.07, 6.45) is 4.25. The predicted molar refractivity (Wildman–Crippen MR) is 74.2 cm³/mol. The summed E-state index contributed by atoms with van der Waals surface area (Å²) in [5.41, 5.74) is 5.30. The zero-order valence-electron chi connectivity index (χ0n) is 12.4. The number of nitrogens with zero attached hydrogens (tertiary/aromatic N) is 2. The summed E-state index contributed by atoms with van der Waals surface area (Å²) in [4.78, 5) is 4.52. The van der Waals surface area contributed by atoms with Crippen molar-refractivity contribution in [1.82, 2.24) is 10.1 Å². The Hall–Kier alpha value is -0.980. The largest absolute Gasteiger partial charge is 0.381 e. The molecule has 1 aliphatic rings. The van der Waals surface area contributed by atoms with Crippen molar-refractivity contribution in [3.05, 3.63) is 11.7 Å². The summed E-state index contributed by atoms with van der Waals surface area (Å²) in [5, 5.41) is 4.13. The molecule has 6 heteroatoms. The number of nitrogens with two attached hydrogens (primary N) is 1.